The Balaban J connectivity index is 0.00000363. The Kier molecular flexibility index (Phi) is 10.5. The van der Waals surface area contributed by atoms with Crippen LogP contribution in [-0.4, -0.2) is 54.8 Å². The molecule has 2 heterocycles. The maximum Gasteiger partial charge on any atom is 0.422 e. The fourth-order valence-corrected chi connectivity index (χ4v) is 3.45. The minimum absolute atomic E-state index is 0. The molecule has 1 fully saturated rings. The highest BCUT2D eigenvalue weighted by molar-refractivity contribution is 14.0. The van der Waals surface area contributed by atoms with Crippen molar-refractivity contribution in [2.24, 2.45) is 4.99 Å². The lowest BCUT2D eigenvalue weighted by Gasteiger charge is -2.33. The molecule has 0 radical (unpaired) electrons. The van der Waals surface area contributed by atoms with Crippen LogP contribution in [0, 0.1) is 0 Å². The van der Waals surface area contributed by atoms with E-state index in [-0.39, 0.29) is 29.9 Å². The first-order chi connectivity index (χ1) is 14.9. The lowest BCUT2D eigenvalue weighted by molar-refractivity contribution is -0.154. The smallest absolute Gasteiger partial charge is 0.422 e. The summed E-state index contributed by atoms with van der Waals surface area (Å²) in [5.74, 6) is 0.612. The molecule has 3 rings (SSSR count). The summed E-state index contributed by atoms with van der Waals surface area (Å²) in [6.07, 6.45) is -0.934. The second-order valence-corrected chi connectivity index (χ2v) is 7.51. The van der Waals surface area contributed by atoms with Gasteiger partial charge in [-0.25, -0.2) is 4.98 Å². The van der Waals surface area contributed by atoms with Gasteiger partial charge < -0.3 is 15.4 Å². The number of aliphatic imine (C=N–C) groups is 1. The molecule has 1 aromatic heterocycles. The van der Waals surface area contributed by atoms with Crippen LogP contribution in [0.1, 0.15) is 24.0 Å². The maximum atomic E-state index is 12.3. The second-order valence-electron chi connectivity index (χ2n) is 7.51. The molecule has 32 heavy (non-hydrogen) atoms. The third-order valence-corrected chi connectivity index (χ3v) is 5.04. The lowest BCUT2D eigenvalue weighted by atomic mass is 10.0. The minimum Gasteiger partial charge on any atom is -0.468 e. The molecule has 176 valence electrons. The van der Waals surface area contributed by atoms with Crippen LogP contribution in [0.4, 0.5) is 13.2 Å². The number of benzene rings is 1. The Bertz CT molecular complexity index is 843. The number of pyridine rings is 1. The monoisotopic (exact) mass is 563 g/mol. The Morgan fingerprint density at radius 2 is 1.88 bits per heavy atom. The number of hydrogen-bond acceptors (Lipinski definition) is 4. The minimum atomic E-state index is -4.39. The number of rotatable bonds is 7. The molecule has 10 heteroatoms. The van der Waals surface area contributed by atoms with Crippen molar-refractivity contribution in [2.45, 2.75) is 38.1 Å². The van der Waals surface area contributed by atoms with E-state index in [9.17, 15) is 13.2 Å². The number of aromatic nitrogens is 1. The van der Waals surface area contributed by atoms with Crippen LogP contribution >= 0.6 is 24.0 Å². The van der Waals surface area contributed by atoms with Crippen molar-refractivity contribution in [3.63, 3.8) is 0 Å². The highest BCUT2D eigenvalue weighted by atomic mass is 127. The van der Waals surface area contributed by atoms with E-state index < -0.39 is 12.8 Å². The second kappa shape index (κ2) is 12.8. The van der Waals surface area contributed by atoms with Gasteiger partial charge in [-0.15, -0.1) is 24.0 Å². The fourth-order valence-electron chi connectivity index (χ4n) is 3.45. The molecule has 1 aliphatic heterocycles. The normalized spacial score (nSPS) is 15.7. The topological polar surface area (TPSA) is 61.8 Å². The quantitative estimate of drug-likeness (QED) is 0.304. The third-order valence-electron chi connectivity index (χ3n) is 5.04. The van der Waals surface area contributed by atoms with E-state index in [2.05, 4.69) is 49.8 Å². The predicted molar refractivity (Wildman–Crippen MR) is 129 cm³/mol. The highest BCUT2D eigenvalue weighted by Gasteiger charge is 2.28. The van der Waals surface area contributed by atoms with E-state index in [1.165, 1.54) is 17.8 Å². The summed E-state index contributed by atoms with van der Waals surface area (Å²) in [7, 11) is 1.70. The highest BCUT2D eigenvalue weighted by Crippen LogP contribution is 2.18. The molecule has 0 saturated carbocycles. The van der Waals surface area contributed by atoms with Gasteiger partial charge in [0.15, 0.2) is 12.6 Å². The summed E-state index contributed by atoms with van der Waals surface area (Å²) >= 11 is 0. The number of piperidine rings is 1. The maximum absolute atomic E-state index is 12.3. The standard InChI is InChI=1S/C22H28F3N5O.HI/c1-26-21(28-14-18-7-10-27-20(13-18)31-16-22(23,24)25)29-19-8-11-30(12-9-19)15-17-5-3-2-4-6-17;/h2-7,10,13,19H,8-9,11-12,14-16H2,1H3,(H2,26,28,29);1H. The summed E-state index contributed by atoms with van der Waals surface area (Å²) in [6.45, 7) is 2.02. The van der Waals surface area contributed by atoms with Crippen LogP contribution in [-0.2, 0) is 13.1 Å². The van der Waals surface area contributed by atoms with E-state index in [0.29, 0.717) is 18.5 Å². The van der Waals surface area contributed by atoms with Crippen molar-refractivity contribution in [1.82, 2.24) is 20.5 Å². The van der Waals surface area contributed by atoms with Gasteiger partial charge >= 0.3 is 6.18 Å². The van der Waals surface area contributed by atoms with Gasteiger partial charge in [0.25, 0.3) is 0 Å². The van der Waals surface area contributed by atoms with E-state index in [1.807, 2.05) is 6.07 Å². The Morgan fingerprint density at radius 3 is 2.53 bits per heavy atom. The zero-order valence-corrected chi connectivity index (χ0v) is 20.3. The fraction of sp³-hybridized carbons (Fsp3) is 0.455. The summed E-state index contributed by atoms with van der Waals surface area (Å²) in [6, 6.07) is 14.0. The first-order valence-corrected chi connectivity index (χ1v) is 10.3. The van der Waals surface area contributed by atoms with Crippen LogP contribution in [0.25, 0.3) is 0 Å². The average Bonchev–Trinajstić information content (AvgIpc) is 2.77. The zero-order valence-electron chi connectivity index (χ0n) is 17.9. The van der Waals surface area contributed by atoms with Gasteiger partial charge in [0.2, 0.25) is 5.88 Å². The molecule has 2 aromatic rings. The molecule has 0 atom stereocenters. The number of alkyl halides is 3. The van der Waals surface area contributed by atoms with Crippen molar-refractivity contribution in [3.05, 3.63) is 59.8 Å². The van der Waals surface area contributed by atoms with Crippen molar-refractivity contribution in [3.8, 4) is 5.88 Å². The molecule has 0 unspecified atom stereocenters. The van der Waals surface area contributed by atoms with Gasteiger partial charge in [-0.1, -0.05) is 30.3 Å². The molecule has 0 spiro atoms. The molecule has 2 N–H and O–H groups in total. The molecule has 1 aliphatic rings. The van der Waals surface area contributed by atoms with Crippen LogP contribution in [0.15, 0.2) is 53.7 Å². The van der Waals surface area contributed by atoms with Gasteiger partial charge in [-0.3, -0.25) is 9.89 Å². The number of ether oxygens (including phenoxy) is 1. The number of hydrogen-bond donors (Lipinski definition) is 2. The summed E-state index contributed by atoms with van der Waals surface area (Å²) in [5, 5.41) is 6.64. The predicted octanol–water partition coefficient (Wildman–Crippen LogP) is 3.97. The number of nitrogens with zero attached hydrogens (tertiary/aromatic N) is 3. The lowest BCUT2D eigenvalue weighted by Crippen LogP contribution is -2.48. The molecule has 6 nitrogen and oxygen atoms in total. The third kappa shape index (κ3) is 9.19. The Hall–Kier alpha value is -2.08. The molecule has 0 bridgehead atoms. The summed E-state index contributed by atoms with van der Waals surface area (Å²) in [4.78, 5) is 10.5. The van der Waals surface area contributed by atoms with E-state index in [4.69, 9.17) is 4.74 Å². The van der Waals surface area contributed by atoms with Gasteiger partial charge in [-0.2, -0.15) is 13.2 Å². The number of likely N-dealkylation sites (tertiary alicyclic amines) is 1. The average molecular weight is 563 g/mol. The molecule has 0 aliphatic carbocycles. The van der Waals surface area contributed by atoms with E-state index in [1.54, 1.807) is 13.1 Å². The van der Waals surface area contributed by atoms with Crippen molar-refractivity contribution < 1.29 is 17.9 Å². The van der Waals surface area contributed by atoms with Crippen LogP contribution < -0.4 is 15.4 Å². The largest absolute Gasteiger partial charge is 0.468 e. The number of halogens is 4. The SMILES string of the molecule is CN=C(NCc1ccnc(OCC(F)(F)F)c1)NC1CCN(Cc2ccccc2)CC1.I. The van der Waals surface area contributed by atoms with Gasteiger partial charge in [-0.05, 0) is 30.0 Å². The molecule has 0 amide bonds. The van der Waals surface area contributed by atoms with Gasteiger partial charge in [0.1, 0.15) is 0 Å². The van der Waals surface area contributed by atoms with Gasteiger partial charge in [0, 0.05) is 51.5 Å². The van der Waals surface area contributed by atoms with Crippen LogP contribution in [0.2, 0.25) is 0 Å². The molecule has 1 saturated heterocycles. The van der Waals surface area contributed by atoms with Crippen LogP contribution in [0.5, 0.6) is 5.88 Å². The molecular formula is C22H29F3IN5O. The van der Waals surface area contributed by atoms with Crippen LogP contribution in [0.3, 0.4) is 0 Å². The first-order valence-electron chi connectivity index (χ1n) is 10.3. The van der Waals surface area contributed by atoms with Gasteiger partial charge in [0.05, 0.1) is 0 Å². The Labute approximate surface area is 203 Å². The van der Waals surface area contributed by atoms with E-state index >= 15 is 0 Å². The zero-order chi connectivity index (χ0) is 22.1. The first kappa shape index (κ1) is 26.2. The van der Waals surface area contributed by atoms with Crippen molar-refractivity contribution in [2.75, 3.05) is 26.7 Å². The number of guanidine groups is 1. The van der Waals surface area contributed by atoms with Crippen molar-refractivity contribution in [1.29, 1.82) is 0 Å². The molecular weight excluding hydrogens is 534 g/mol. The molecule has 1 aromatic carbocycles. The summed E-state index contributed by atoms with van der Waals surface area (Å²) < 4.78 is 41.6. The summed E-state index contributed by atoms with van der Waals surface area (Å²) in [5.41, 5.74) is 2.08. The number of nitrogens with one attached hydrogen (secondary N) is 2. The Morgan fingerprint density at radius 1 is 1.16 bits per heavy atom. The van der Waals surface area contributed by atoms with Crippen molar-refractivity contribution >= 4 is 29.9 Å². The van der Waals surface area contributed by atoms with E-state index in [0.717, 1.165) is 38.0 Å².